The van der Waals surface area contributed by atoms with Gasteiger partial charge in [-0.1, -0.05) is 30.3 Å². The van der Waals surface area contributed by atoms with Crippen LogP contribution >= 0.6 is 32.3 Å². The average Bonchev–Trinajstić information content (AvgIpc) is 2.47. The first-order chi connectivity index (χ1) is 7.49. The lowest BCUT2D eigenvalue weighted by Crippen LogP contribution is -2.38. The van der Waals surface area contributed by atoms with E-state index in [1.54, 1.807) is 6.92 Å². The number of hydrogen-bond donors (Lipinski definition) is 0. The standard InChI is InChI=1S/C10H8Br2N2O2/c1-10(7-5-3-2-4-6-7)8(15)13(11)9(16)14(10)12/h2-6H,1H3. The number of halogens is 2. The van der Waals surface area contributed by atoms with Crippen LogP contribution in [0.5, 0.6) is 0 Å². The van der Waals surface area contributed by atoms with Crippen molar-refractivity contribution < 1.29 is 9.59 Å². The Balaban J connectivity index is 2.54. The first-order valence-corrected chi connectivity index (χ1v) is 5.97. The van der Waals surface area contributed by atoms with E-state index in [1.165, 1.54) is 3.93 Å². The first-order valence-electron chi connectivity index (χ1n) is 4.55. The molecule has 1 aliphatic heterocycles. The van der Waals surface area contributed by atoms with Gasteiger partial charge in [-0.05, 0) is 12.5 Å². The van der Waals surface area contributed by atoms with Crippen molar-refractivity contribution in [3.63, 3.8) is 0 Å². The lowest BCUT2D eigenvalue weighted by Gasteiger charge is -2.26. The molecule has 2 rings (SSSR count). The van der Waals surface area contributed by atoms with Crippen molar-refractivity contribution in [3.05, 3.63) is 35.9 Å². The van der Waals surface area contributed by atoms with E-state index < -0.39 is 11.6 Å². The molecule has 4 nitrogen and oxygen atoms in total. The molecule has 1 saturated heterocycles. The number of rotatable bonds is 1. The second-order valence-corrected chi connectivity index (χ2v) is 5.01. The summed E-state index contributed by atoms with van der Waals surface area (Å²) in [7, 11) is 0. The number of carbonyl (C=O) groups excluding carboxylic acids is 2. The van der Waals surface area contributed by atoms with Crippen molar-refractivity contribution in [2.75, 3.05) is 0 Å². The van der Waals surface area contributed by atoms with Gasteiger partial charge in [0.15, 0.2) is 5.54 Å². The molecule has 0 aromatic heterocycles. The second-order valence-electron chi connectivity index (χ2n) is 3.59. The van der Waals surface area contributed by atoms with Crippen molar-refractivity contribution in [1.29, 1.82) is 0 Å². The molecule has 1 aromatic rings. The van der Waals surface area contributed by atoms with Crippen molar-refractivity contribution in [2.24, 2.45) is 0 Å². The van der Waals surface area contributed by atoms with E-state index in [1.807, 2.05) is 30.3 Å². The minimum absolute atomic E-state index is 0.319. The van der Waals surface area contributed by atoms with Crippen molar-refractivity contribution >= 4 is 44.2 Å². The number of amides is 3. The summed E-state index contributed by atoms with van der Waals surface area (Å²) in [6.07, 6.45) is 0. The summed E-state index contributed by atoms with van der Waals surface area (Å²) in [5.41, 5.74) is -0.255. The minimum atomic E-state index is -1.01. The fourth-order valence-electron chi connectivity index (χ4n) is 1.63. The van der Waals surface area contributed by atoms with Gasteiger partial charge in [-0.25, -0.2) is 8.72 Å². The largest absolute Gasteiger partial charge is 0.348 e. The smallest absolute Gasteiger partial charge is 0.270 e. The van der Waals surface area contributed by atoms with E-state index in [0.717, 1.165) is 9.49 Å². The molecule has 84 valence electrons. The summed E-state index contributed by atoms with van der Waals surface area (Å²) in [6, 6.07) is 8.71. The Morgan fingerprint density at radius 3 is 2.12 bits per heavy atom. The summed E-state index contributed by atoms with van der Waals surface area (Å²) in [4.78, 5) is 23.7. The number of nitrogens with zero attached hydrogens (tertiary/aromatic N) is 2. The SMILES string of the molecule is CC1(c2ccccc2)C(=O)N(Br)C(=O)N1Br. The molecule has 1 atom stereocenters. The predicted octanol–water partition coefficient (Wildman–Crippen LogP) is 2.79. The maximum absolute atomic E-state index is 12.0. The van der Waals surface area contributed by atoms with Gasteiger partial charge < -0.3 is 0 Å². The van der Waals surface area contributed by atoms with Gasteiger partial charge in [-0.2, -0.15) is 3.93 Å². The highest BCUT2D eigenvalue weighted by atomic mass is 79.9. The van der Waals surface area contributed by atoms with Crippen LogP contribution in [-0.2, 0) is 10.3 Å². The lowest BCUT2D eigenvalue weighted by atomic mass is 9.92. The van der Waals surface area contributed by atoms with Crippen molar-refractivity contribution in [3.8, 4) is 0 Å². The van der Waals surface area contributed by atoms with Gasteiger partial charge in [0, 0.05) is 0 Å². The molecule has 0 bridgehead atoms. The molecule has 0 radical (unpaired) electrons. The molecule has 0 N–H and O–H groups in total. The summed E-state index contributed by atoms with van der Waals surface area (Å²) in [6.45, 7) is 1.69. The highest BCUT2D eigenvalue weighted by Crippen LogP contribution is 2.40. The molecule has 16 heavy (non-hydrogen) atoms. The van der Waals surface area contributed by atoms with Crippen LogP contribution in [0.3, 0.4) is 0 Å². The van der Waals surface area contributed by atoms with E-state index in [4.69, 9.17) is 0 Å². The van der Waals surface area contributed by atoms with Crippen LogP contribution in [0.4, 0.5) is 4.79 Å². The molecule has 6 heteroatoms. The van der Waals surface area contributed by atoms with Gasteiger partial charge in [-0.15, -0.1) is 0 Å². The van der Waals surface area contributed by atoms with E-state index >= 15 is 0 Å². The molecule has 3 amide bonds. The molecule has 1 fully saturated rings. The molecule has 0 spiro atoms. The van der Waals surface area contributed by atoms with E-state index in [2.05, 4.69) is 32.3 Å². The highest BCUT2D eigenvalue weighted by molar-refractivity contribution is 9.08. The van der Waals surface area contributed by atoms with Crippen molar-refractivity contribution in [1.82, 2.24) is 7.85 Å². The normalized spacial score (nSPS) is 25.4. The van der Waals surface area contributed by atoms with E-state index in [0.29, 0.717) is 0 Å². The van der Waals surface area contributed by atoms with Gasteiger partial charge in [0.2, 0.25) is 0 Å². The molecular formula is C10H8Br2N2O2. The monoisotopic (exact) mass is 346 g/mol. The summed E-state index contributed by atoms with van der Waals surface area (Å²) in [5.74, 6) is -0.319. The second kappa shape index (κ2) is 3.85. The van der Waals surface area contributed by atoms with Crippen LogP contribution in [0, 0.1) is 0 Å². The number of carbonyl (C=O) groups is 2. The number of hydrogen-bond acceptors (Lipinski definition) is 2. The third-order valence-electron chi connectivity index (χ3n) is 2.66. The molecule has 0 aliphatic carbocycles. The van der Waals surface area contributed by atoms with Crippen molar-refractivity contribution in [2.45, 2.75) is 12.5 Å². The fraction of sp³-hybridized carbons (Fsp3) is 0.200. The van der Waals surface area contributed by atoms with Crippen LogP contribution in [-0.4, -0.2) is 19.8 Å². The number of imide groups is 1. The topological polar surface area (TPSA) is 40.6 Å². The zero-order chi connectivity index (χ0) is 11.9. The maximum atomic E-state index is 12.0. The minimum Gasteiger partial charge on any atom is -0.270 e. The number of benzene rings is 1. The van der Waals surface area contributed by atoms with Gasteiger partial charge in [0.05, 0.1) is 32.3 Å². The Hall–Kier alpha value is -0.880. The summed E-state index contributed by atoms with van der Waals surface area (Å²) < 4.78 is 2.17. The fourth-order valence-corrected chi connectivity index (χ4v) is 2.86. The van der Waals surface area contributed by atoms with Gasteiger partial charge in [-0.3, -0.25) is 4.79 Å². The summed E-state index contributed by atoms with van der Waals surface area (Å²) in [5, 5.41) is 0. The predicted molar refractivity (Wildman–Crippen MR) is 65.7 cm³/mol. The Morgan fingerprint density at radius 1 is 1.12 bits per heavy atom. The van der Waals surface area contributed by atoms with E-state index in [9.17, 15) is 9.59 Å². The Kier molecular flexibility index (Phi) is 2.79. The van der Waals surface area contributed by atoms with E-state index in [-0.39, 0.29) is 5.91 Å². The van der Waals surface area contributed by atoms with Crippen LogP contribution in [0.15, 0.2) is 30.3 Å². The van der Waals surface area contributed by atoms with Crippen LogP contribution in [0.25, 0.3) is 0 Å². The maximum Gasteiger partial charge on any atom is 0.348 e. The molecule has 0 saturated carbocycles. The Bertz CT molecular complexity index is 451. The van der Waals surface area contributed by atoms with Crippen LogP contribution in [0.1, 0.15) is 12.5 Å². The molecule has 1 unspecified atom stereocenters. The molecule has 1 aromatic carbocycles. The number of urea groups is 1. The van der Waals surface area contributed by atoms with Crippen LogP contribution < -0.4 is 0 Å². The first kappa shape index (κ1) is 11.6. The zero-order valence-corrected chi connectivity index (χ0v) is 11.5. The average molecular weight is 348 g/mol. The third kappa shape index (κ3) is 1.40. The highest BCUT2D eigenvalue weighted by Gasteiger charge is 2.54. The molecule has 1 heterocycles. The molecule has 1 aliphatic rings. The summed E-state index contributed by atoms with van der Waals surface area (Å²) >= 11 is 6.08. The molecular weight excluding hydrogens is 340 g/mol. The quantitative estimate of drug-likeness (QED) is 0.579. The van der Waals surface area contributed by atoms with Gasteiger partial charge in [0.25, 0.3) is 5.91 Å². The van der Waals surface area contributed by atoms with Gasteiger partial charge in [0.1, 0.15) is 0 Å². The third-order valence-corrected chi connectivity index (χ3v) is 4.30. The Labute approximate surface area is 110 Å². The van der Waals surface area contributed by atoms with Gasteiger partial charge >= 0.3 is 6.03 Å². The lowest BCUT2D eigenvalue weighted by molar-refractivity contribution is -0.128. The van der Waals surface area contributed by atoms with Crippen LogP contribution in [0.2, 0.25) is 0 Å². The zero-order valence-electron chi connectivity index (χ0n) is 8.35. The Morgan fingerprint density at radius 2 is 1.69 bits per heavy atom.